The summed E-state index contributed by atoms with van der Waals surface area (Å²) in [6.07, 6.45) is 6.91. The summed E-state index contributed by atoms with van der Waals surface area (Å²) < 4.78 is 0. The van der Waals surface area contributed by atoms with Gasteiger partial charge in [-0.25, -0.2) is 0 Å². The molecule has 0 unspecified atom stereocenters. The zero-order valence-electron chi connectivity index (χ0n) is 9.21. The van der Waals surface area contributed by atoms with Crippen molar-refractivity contribution in [1.29, 1.82) is 0 Å². The van der Waals surface area contributed by atoms with Gasteiger partial charge in [0.1, 0.15) is 0 Å². The number of hydrogen-bond donors (Lipinski definition) is 0. The van der Waals surface area contributed by atoms with Gasteiger partial charge in [0.15, 0.2) is 0 Å². The molecule has 0 N–H and O–H groups in total. The second kappa shape index (κ2) is 10.0. The highest BCUT2D eigenvalue weighted by atomic mass is 13.8. The smallest absolute Gasteiger partial charge is 0.0263 e. The zero-order chi connectivity index (χ0) is 10.6. The molecular formula is C14H21. The van der Waals surface area contributed by atoms with Gasteiger partial charge >= 0.3 is 0 Å². The van der Waals surface area contributed by atoms with E-state index in [9.17, 15) is 0 Å². The van der Waals surface area contributed by atoms with E-state index < -0.39 is 0 Å². The largest absolute Gasteiger partial charge is 0.0985 e. The maximum atomic E-state index is 3.72. The fourth-order valence-electron chi connectivity index (χ4n) is 1.02. The number of benzene rings is 1. The molecule has 1 rings (SSSR count). The van der Waals surface area contributed by atoms with Crippen molar-refractivity contribution in [2.24, 2.45) is 0 Å². The summed E-state index contributed by atoms with van der Waals surface area (Å²) in [6.45, 7) is 9.56. The van der Waals surface area contributed by atoms with Gasteiger partial charge in [0.2, 0.25) is 0 Å². The predicted molar refractivity (Wildman–Crippen MR) is 66.0 cm³/mol. The van der Waals surface area contributed by atoms with Crippen molar-refractivity contribution in [3.05, 3.63) is 49.4 Å². The first-order chi connectivity index (χ1) is 6.85. The Labute approximate surface area is 88.7 Å². The van der Waals surface area contributed by atoms with E-state index in [1.54, 1.807) is 0 Å². The summed E-state index contributed by atoms with van der Waals surface area (Å²) in [5.41, 5.74) is 1.17. The summed E-state index contributed by atoms with van der Waals surface area (Å²) in [5.74, 6) is 0. The quantitative estimate of drug-likeness (QED) is 0.601. The molecular weight excluding hydrogens is 168 g/mol. The molecule has 1 aromatic rings. The third-order valence-electron chi connectivity index (χ3n) is 1.89. The highest BCUT2D eigenvalue weighted by Crippen LogP contribution is 1.97. The van der Waals surface area contributed by atoms with Gasteiger partial charge in [-0.15, -0.1) is 0 Å². The van der Waals surface area contributed by atoms with E-state index in [1.165, 1.54) is 24.8 Å². The second-order valence-corrected chi connectivity index (χ2v) is 3.18. The number of unbranched alkanes of at least 4 members (excludes halogenated alkanes) is 3. The van der Waals surface area contributed by atoms with Crippen LogP contribution in [-0.2, 0) is 0 Å². The van der Waals surface area contributed by atoms with Crippen LogP contribution in [0.2, 0.25) is 0 Å². The van der Waals surface area contributed by atoms with Crippen molar-refractivity contribution in [3.8, 4) is 0 Å². The predicted octanol–water partition coefficient (Wildman–Crippen LogP) is 4.73. The minimum atomic E-state index is 1.10. The van der Waals surface area contributed by atoms with Crippen LogP contribution in [0, 0.1) is 6.92 Å². The van der Waals surface area contributed by atoms with E-state index in [2.05, 4.69) is 20.4 Å². The van der Waals surface area contributed by atoms with E-state index in [0.717, 1.165) is 6.42 Å². The van der Waals surface area contributed by atoms with Crippen molar-refractivity contribution < 1.29 is 0 Å². The molecule has 1 aromatic carbocycles. The van der Waals surface area contributed by atoms with Crippen LogP contribution in [0.3, 0.4) is 0 Å². The maximum Gasteiger partial charge on any atom is -0.0263 e. The van der Waals surface area contributed by atoms with E-state index in [0.29, 0.717) is 0 Å². The van der Waals surface area contributed by atoms with E-state index in [1.807, 2.05) is 36.4 Å². The van der Waals surface area contributed by atoms with Gasteiger partial charge < -0.3 is 0 Å². The Balaban J connectivity index is 0.000000255. The van der Waals surface area contributed by atoms with E-state index in [4.69, 9.17) is 0 Å². The SMILES string of the molecule is C=Cc1ccccc1.[CH2]CCCCC. The van der Waals surface area contributed by atoms with Crippen molar-refractivity contribution in [2.45, 2.75) is 32.6 Å². The molecule has 0 atom stereocenters. The first-order valence-corrected chi connectivity index (χ1v) is 5.31. The van der Waals surface area contributed by atoms with Gasteiger partial charge in [-0.2, -0.15) is 0 Å². The van der Waals surface area contributed by atoms with Gasteiger partial charge in [-0.05, 0) is 5.56 Å². The fourth-order valence-corrected chi connectivity index (χ4v) is 1.02. The first kappa shape index (κ1) is 13.0. The Morgan fingerprint density at radius 3 is 2.07 bits per heavy atom. The molecule has 0 aliphatic heterocycles. The molecule has 0 heterocycles. The molecule has 1 radical (unpaired) electrons. The average molecular weight is 189 g/mol. The lowest BCUT2D eigenvalue weighted by molar-refractivity contribution is 0.728. The molecule has 0 saturated carbocycles. The zero-order valence-corrected chi connectivity index (χ0v) is 9.21. The standard InChI is InChI=1S/C8H8.C6H13/c1-2-8-6-4-3-5-7-8;1-3-5-6-4-2/h2-7H,1H2;1,3-6H2,2H3. The highest BCUT2D eigenvalue weighted by Gasteiger charge is 1.76. The monoisotopic (exact) mass is 189 g/mol. The molecule has 0 spiro atoms. The molecule has 0 amide bonds. The van der Waals surface area contributed by atoms with Crippen LogP contribution in [0.5, 0.6) is 0 Å². The maximum absolute atomic E-state index is 3.72. The van der Waals surface area contributed by atoms with Crippen molar-refractivity contribution >= 4 is 6.08 Å². The molecule has 0 aliphatic carbocycles. The van der Waals surface area contributed by atoms with Crippen LogP contribution in [0.15, 0.2) is 36.9 Å². The topological polar surface area (TPSA) is 0 Å². The minimum absolute atomic E-state index is 1.10. The average Bonchev–Trinajstić information content (AvgIpc) is 2.28. The summed E-state index contributed by atoms with van der Waals surface area (Å²) in [7, 11) is 0. The fraction of sp³-hybridized carbons (Fsp3) is 0.357. The van der Waals surface area contributed by atoms with Crippen LogP contribution >= 0.6 is 0 Å². The molecule has 0 nitrogen and oxygen atoms in total. The van der Waals surface area contributed by atoms with E-state index >= 15 is 0 Å². The third kappa shape index (κ3) is 7.60. The molecule has 0 aromatic heterocycles. The number of hydrogen-bond acceptors (Lipinski definition) is 0. The molecule has 14 heavy (non-hydrogen) atoms. The van der Waals surface area contributed by atoms with Crippen LogP contribution < -0.4 is 0 Å². The lowest BCUT2D eigenvalue weighted by Gasteiger charge is -1.86. The van der Waals surface area contributed by atoms with Crippen molar-refractivity contribution in [3.63, 3.8) is 0 Å². The summed E-state index contributed by atoms with van der Waals surface area (Å²) in [5, 5.41) is 0. The van der Waals surface area contributed by atoms with Crippen LogP contribution in [-0.4, -0.2) is 0 Å². The van der Waals surface area contributed by atoms with E-state index in [-0.39, 0.29) is 0 Å². The minimum Gasteiger partial charge on any atom is -0.0985 e. The highest BCUT2D eigenvalue weighted by molar-refractivity contribution is 5.45. The van der Waals surface area contributed by atoms with Crippen LogP contribution in [0.1, 0.15) is 38.2 Å². The molecule has 77 valence electrons. The van der Waals surface area contributed by atoms with Crippen LogP contribution in [0.4, 0.5) is 0 Å². The van der Waals surface area contributed by atoms with Gasteiger partial charge in [0.25, 0.3) is 0 Å². The first-order valence-electron chi connectivity index (χ1n) is 5.31. The lowest BCUT2D eigenvalue weighted by Crippen LogP contribution is -1.66. The van der Waals surface area contributed by atoms with Gasteiger partial charge in [-0.1, -0.05) is 82.5 Å². The number of rotatable bonds is 4. The normalized spacial score (nSPS) is 8.71. The Kier molecular flexibility index (Phi) is 9.30. The van der Waals surface area contributed by atoms with Crippen LogP contribution in [0.25, 0.3) is 6.08 Å². The summed E-state index contributed by atoms with van der Waals surface area (Å²) in [6, 6.07) is 10.0. The van der Waals surface area contributed by atoms with Gasteiger partial charge in [-0.3, -0.25) is 0 Å². The Hall–Kier alpha value is -1.04. The Bertz CT molecular complexity index is 207. The third-order valence-corrected chi connectivity index (χ3v) is 1.89. The molecule has 0 saturated heterocycles. The van der Waals surface area contributed by atoms with Crippen molar-refractivity contribution in [2.75, 3.05) is 0 Å². The molecule has 0 fully saturated rings. The Morgan fingerprint density at radius 2 is 1.79 bits per heavy atom. The molecule has 0 aliphatic rings. The molecule has 0 heteroatoms. The lowest BCUT2D eigenvalue weighted by atomic mass is 10.2. The van der Waals surface area contributed by atoms with Crippen molar-refractivity contribution in [1.82, 2.24) is 0 Å². The summed E-state index contributed by atoms with van der Waals surface area (Å²) in [4.78, 5) is 0. The second-order valence-electron chi connectivity index (χ2n) is 3.18. The summed E-state index contributed by atoms with van der Waals surface area (Å²) >= 11 is 0. The van der Waals surface area contributed by atoms with Gasteiger partial charge in [0, 0.05) is 0 Å². The molecule has 0 bridgehead atoms. The Morgan fingerprint density at radius 1 is 1.14 bits per heavy atom. The van der Waals surface area contributed by atoms with Gasteiger partial charge in [0.05, 0.1) is 0 Å².